The van der Waals surface area contributed by atoms with Crippen molar-refractivity contribution in [3.63, 3.8) is 0 Å². The molecule has 4 nitrogen and oxygen atoms in total. The molecule has 2 rings (SSSR count). The number of hydrogen-bond acceptors (Lipinski definition) is 3. The van der Waals surface area contributed by atoms with E-state index < -0.39 is 0 Å². The maximum absolute atomic E-state index is 13.1. The Balaban J connectivity index is 2.21. The summed E-state index contributed by atoms with van der Waals surface area (Å²) in [6.45, 7) is 4.84. The van der Waals surface area contributed by atoms with Crippen molar-refractivity contribution in [1.82, 2.24) is 4.90 Å². The number of rotatable bonds is 8. The average molecular weight is 374 g/mol. The summed E-state index contributed by atoms with van der Waals surface area (Å²) in [5, 5.41) is 0.648. The second-order valence-corrected chi connectivity index (χ2v) is 6.36. The number of benzene rings is 2. The van der Waals surface area contributed by atoms with Gasteiger partial charge in [0, 0.05) is 23.7 Å². The lowest BCUT2D eigenvalue weighted by Gasteiger charge is -2.24. The first kappa shape index (κ1) is 20.0. The Hall–Kier alpha value is -2.33. The van der Waals surface area contributed by atoms with Gasteiger partial charge in [-0.2, -0.15) is 0 Å². The number of carbonyl (C=O) groups is 2. The predicted octanol–water partition coefficient (Wildman–Crippen LogP) is 4.50. The molecule has 0 aliphatic heterocycles. The van der Waals surface area contributed by atoms with E-state index in [1.54, 1.807) is 24.0 Å². The van der Waals surface area contributed by atoms with Gasteiger partial charge >= 0.3 is 5.97 Å². The highest BCUT2D eigenvalue weighted by Gasteiger charge is 2.19. The summed E-state index contributed by atoms with van der Waals surface area (Å²) >= 11 is 5.94. The van der Waals surface area contributed by atoms with Crippen molar-refractivity contribution in [3.8, 4) is 0 Å². The maximum atomic E-state index is 13.1. The first-order valence-electron chi connectivity index (χ1n) is 8.82. The minimum Gasteiger partial charge on any atom is -0.466 e. The molecule has 26 heavy (non-hydrogen) atoms. The molecule has 5 heteroatoms. The van der Waals surface area contributed by atoms with Gasteiger partial charge in [-0.1, -0.05) is 48.9 Å². The van der Waals surface area contributed by atoms with Crippen molar-refractivity contribution >= 4 is 23.5 Å². The van der Waals surface area contributed by atoms with Crippen molar-refractivity contribution in [2.24, 2.45) is 0 Å². The first-order chi connectivity index (χ1) is 12.5. The third kappa shape index (κ3) is 5.60. The summed E-state index contributed by atoms with van der Waals surface area (Å²) < 4.78 is 4.99. The lowest BCUT2D eigenvalue weighted by molar-refractivity contribution is -0.143. The topological polar surface area (TPSA) is 46.6 Å². The van der Waals surface area contributed by atoms with E-state index in [4.69, 9.17) is 16.3 Å². The van der Waals surface area contributed by atoms with Gasteiger partial charge in [0.25, 0.3) is 5.91 Å². The van der Waals surface area contributed by atoms with Crippen LogP contribution in [-0.4, -0.2) is 29.9 Å². The van der Waals surface area contributed by atoms with Gasteiger partial charge in [0.05, 0.1) is 13.0 Å². The fourth-order valence-corrected chi connectivity index (χ4v) is 2.86. The summed E-state index contributed by atoms with van der Waals surface area (Å²) in [6, 6.07) is 14.9. The highest BCUT2D eigenvalue weighted by Crippen LogP contribution is 2.17. The number of amides is 1. The molecule has 138 valence electrons. The van der Waals surface area contributed by atoms with Gasteiger partial charge in [-0.3, -0.25) is 9.59 Å². The molecule has 0 unspecified atom stereocenters. The van der Waals surface area contributed by atoms with Crippen LogP contribution in [0, 0.1) is 0 Å². The number of nitrogens with zero attached hydrogens (tertiary/aromatic N) is 1. The molecule has 0 bridgehead atoms. The van der Waals surface area contributed by atoms with Crippen LogP contribution in [0.1, 0.15) is 41.8 Å². The zero-order valence-corrected chi connectivity index (χ0v) is 16.0. The normalized spacial score (nSPS) is 10.4. The van der Waals surface area contributed by atoms with E-state index in [9.17, 15) is 9.59 Å². The molecule has 0 aliphatic carbocycles. The Morgan fingerprint density at radius 3 is 2.38 bits per heavy atom. The second-order valence-electron chi connectivity index (χ2n) is 5.92. The van der Waals surface area contributed by atoms with Gasteiger partial charge in [0.15, 0.2) is 0 Å². The van der Waals surface area contributed by atoms with Gasteiger partial charge in [-0.15, -0.1) is 0 Å². The fraction of sp³-hybridized carbons (Fsp3) is 0.333. The van der Waals surface area contributed by atoms with Gasteiger partial charge in [0.1, 0.15) is 0 Å². The molecule has 2 aromatic carbocycles. The molecule has 0 heterocycles. The van der Waals surface area contributed by atoms with Gasteiger partial charge in [-0.05, 0) is 42.7 Å². The summed E-state index contributed by atoms with van der Waals surface area (Å²) in [4.78, 5) is 26.6. The predicted molar refractivity (Wildman–Crippen MR) is 103 cm³/mol. The van der Waals surface area contributed by atoms with Gasteiger partial charge < -0.3 is 9.64 Å². The summed E-state index contributed by atoms with van der Waals surface area (Å²) in [5.74, 6) is -0.383. The van der Waals surface area contributed by atoms with Crippen LogP contribution < -0.4 is 0 Å². The molecule has 0 saturated carbocycles. The van der Waals surface area contributed by atoms with Crippen LogP contribution in [0.25, 0.3) is 0 Å². The van der Waals surface area contributed by atoms with Crippen molar-refractivity contribution in [2.75, 3.05) is 13.2 Å². The lowest BCUT2D eigenvalue weighted by Crippen LogP contribution is -2.33. The molecule has 2 aromatic rings. The van der Waals surface area contributed by atoms with Crippen molar-refractivity contribution in [3.05, 3.63) is 70.2 Å². The van der Waals surface area contributed by atoms with Crippen LogP contribution in [0.4, 0.5) is 0 Å². The minimum atomic E-state index is -0.301. The van der Waals surface area contributed by atoms with E-state index in [-0.39, 0.29) is 18.3 Å². The van der Waals surface area contributed by atoms with E-state index in [2.05, 4.69) is 0 Å². The zero-order chi connectivity index (χ0) is 18.9. The number of ether oxygens (including phenoxy) is 1. The van der Waals surface area contributed by atoms with E-state index in [1.165, 1.54) is 0 Å². The quantitative estimate of drug-likeness (QED) is 0.640. The number of esters is 1. The SMILES string of the molecule is CCOC(=O)CCN(Cc1ccc(Cl)cc1)C(=O)c1ccccc1CC. The molecule has 1 amide bonds. The number of aryl methyl sites for hydroxylation is 1. The van der Waals surface area contributed by atoms with E-state index >= 15 is 0 Å². The smallest absolute Gasteiger partial charge is 0.307 e. The van der Waals surface area contributed by atoms with Gasteiger partial charge in [-0.25, -0.2) is 0 Å². The zero-order valence-electron chi connectivity index (χ0n) is 15.2. The number of carbonyl (C=O) groups excluding carboxylic acids is 2. The average Bonchev–Trinajstić information content (AvgIpc) is 2.66. The Morgan fingerprint density at radius 2 is 1.73 bits per heavy atom. The summed E-state index contributed by atoms with van der Waals surface area (Å²) in [7, 11) is 0. The van der Waals surface area contributed by atoms with Crippen molar-refractivity contribution < 1.29 is 14.3 Å². The molecule has 0 fully saturated rings. The van der Waals surface area contributed by atoms with Crippen molar-refractivity contribution in [2.45, 2.75) is 33.2 Å². The fourth-order valence-electron chi connectivity index (χ4n) is 2.73. The molecule has 0 N–H and O–H groups in total. The van der Waals surface area contributed by atoms with Crippen LogP contribution in [0.15, 0.2) is 48.5 Å². The van der Waals surface area contributed by atoms with Crippen molar-refractivity contribution in [1.29, 1.82) is 0 Å². The Morgan fingerprint density at radius 1 is 1.04 bits per heavy atom. The molecule has 0 saturated heterocycles. The van der Waals surface area contributed by atoms with Crippen LogP contribution in [-0.2, 0) is 22.5 Å². The van der Waals surface area contributed by atoms with Crippen LogP contribution in [0.5, 0.6) is 0 Å². The monoisotopic (exact) mass is 373 g/mol. The maximum Gasteiger partial charge on any atom is 0.307 e. The molecular weight excluding hydrogens is 350 g/mol. The molecule has 0 radical (unpaired) electrons. The molecular formula is C21H24ClNO3. The lowest BCUT2D eigenvalue weighted by atomic mass is 10.0. The van der Waals surface area contributed by atoms with Crippen LogP contribution in [0.3, 0.4) is 0 Å². The molecule has 0 atom stereocenters. The largest absolute Gasteiger partial charge is 0.466 e. The molecule has 0 spiro atoms. The molecule has 0 aliphatic rings. The third-order valence-corrected chi connectivity index (χ3v) is 4.35. The van der Waals surface area contributed by atoms with E-state index in [0.717, 1.165) is 17.5 Å². The van der Waals surface area contributed by atoms with Crippen LogP contribution >= 0.6 is 11.6 Å². The number of hydrogen-bond donors (Lipinski definition) is 0. The third-order valence-electron chi connectivity index (χ3n) is 4.09. The minimum absolute atomic E-state index is 0.0818. The Kier molecular flexibility index (Phi) is 7.67. The Labute approximate surface area is 159 Å². The highest BCUT2D eigenvalue weighted by atomic mass is 35.5. The molecule has 0 aromatic heterocycles. The number of halogens is 1. The standard InChI is InChI=1S/C21H24ClNO3/c1-3-17-7-5-6-8-19(17)21(25)23(14-13-20(24)26-4-2)15-16-9-11-18(22)12-10-16/h5-12H,3-4,13-15H2,1-2H3. The summed E-state index contributed by atoms with van der Waals surface area (Å²) in [6.07, 6.45) is 0.941. The van der Waals surface area contributed by atoms with E-state index in [0.29, 0.717) is 30.3 Å². The Bertz CT molecular complexity index is 743. The second kappa shape index (κ2) is 9.97. The summed E-state index contributed by atoms with van der Waals surface area (Å²) in [5.41, 5.74) is 2.63. The van der Waals surface area contributed by atoms with Crippen LogP contribution in [0.2, 0.25) is 5.02 Å². The van der Waals surface area contributed by atoms with Gasteiger partial charge in [0.2, 0.25) is 0 Å². The first-order valence-corrected chi connectivity index (χ1v) is 9.20. The van der Waals surface area contributed by atoms with E-state index in [1.807, 2.05) is 43.3 Å². The highest BCUT2D eigenvalue weighted by molar-refractivity contribution is 6.30.